The van der Waals surface area contributed by atoms with E-state index in [1.807, 2.05) is 35.4 Å². The van der Waals surface area contributed by atoms with Crippen LogP contribution >= 0.6 is 11.6 Å². The second-order valence-corrected chi connectivity index (χ2v) is 16.1. The molecule has 2 aromatic heterocycles. The Morgan fingerprint density at radius 2 is 1.47 bits per heavy atom. The van der Waals surface area contributed by atoms with Crippen molar-refractivity contribution in [2.75, 3.05) is 25.9 Å². The number of amides is 1. The molecule has 3 heterocycles. The minimum absolute atomic E-state index is 0.0320. The monoisotopic (exact) mass is 821 g/mol. The van der Waals surface area contributed by atoms with Gasteiger partial charge in [-0.3, -0.25) is 14.7 Å². The Labute approximate surface area is 335 Å². The molecule has 2 N–H and O–H groups in total. The Kier molecular flexibility index (Phi) is 14.9. The Bertz CT molecular complexity index is 2170. The van der Waals surface area contributed by atoms with Crippen LogP contribution in [0.2, 0.25) is 5.15 Å². The Hall–Kier alpha value is -5.15. The van der Waals surface area contributed by atoms with E-state index in [-0.39, 0.29) is 11.9 Å². The van der Waals surface area contributed by atoms with Crippen LogP contribution in [-0.4, -0.2) is 83.3 Å². The summed E-state index contributed by atoms with van der Waals surface area (Å²) in [5.74, 6) is -2.79. The molecule has 300 valence electrons. The molecule has 15 heteroatoms. The SMILES string of the molecule is CS(=O)(=O)c1ccc(CCNCc2ccc(-c3ccc(CN(C(=O)c4ccc(Cl)nc4)C4CCN(Cc5ccccc5)CC4)cc3)nc2)cc1.O=C(O)C(F)(F)F. The van der Waals surface area contributed by atoms with E-state index in [2.05, 4.69) is 69.8 Å². The molecule has 1 aliphatic rings. The largest absolute Gasteiger partial charge is 0.490 e. The van der Waals surface area contributed by atoms with Crippen LogP contribution in [0.3, 0.4) is 0 Å². The minimum atomic E-state index is -5.08. The fourth-order valence-corrected chi connectivity index (χ4v) is 7.05. The standard InChI is InChI=1S/C40H42ClN5O3S.C2HF3O2/c1-50(48,49)37-15-9-30(10-16-37)19-22-42-25-33-11-17-38(43-26-33)34-12-7-32(8-13-34)29-46(40(47)35-14-18-39(41)44-27-35)36-20-23-45(24-21-36)28-31-5-3-2-4-6-31;3-2(4,5)1(6)7/h2-18,26-27,36,42H,19-25,28-29H2,1H3;(H,6,7). The highest BCUT2D eigenvalue weighted by Crippen LogP contribution is 2.25. The van der Waals surface area contributed by atoms with E-state index < -0.39 is 22.0 Å². The number of rotatable bonds is 13. The third-order valence-electron chi connectivity index (χ3n) is 9.42. The van der Waals surface area contributed by atoms with Crippen molar-refractivity contribution in [3.63, 3.8) is 0 Å². The number of carboxylic acids is 1. The van der Waals surface area contributed by atoms with E-state index >= 15 is 0 Å². The zero-order valence-corrected chi connectivity index (χ0v) is 32.8. The van der Waals surface area contributed by atoms with Gasteiger partial charge >= 0.3 is 12.1 Å². The van der Waals surface area contributed by atoms with Gasteiger partial charge in [-0.15, -0.1) is 0 Å². The number of pyridine rings is 2. The molecule has 1 saturated heterocycles. The molecule has 0 bridgehead atoms. The predicted octanol–water partition coefficient (Wildman–Crippen LogP) is 7.47. The molecule has 10 nitrogen and oxygen atoms in total. The molecule has 5 aromatic rings. The zero-order valence-electron chi connectivity index (χ0n) is 31.2. The molecule has 1 aliphatic heterocycles. The van der Waals surface area contributed by atoms with Crippen molar-refractivity contribution in [3.8, 4) is 11.3 Å². The third-order valence-corrected chi connectivity index (χ3v) is 10.8. The smallest absolute Gasteiger partial charge is 0.475 e. The summed E-state index contributed by atoms with van der Waals surface area (Å²) < 4.78 is 55.1. The third kappa shape index (κ3) is 13.2. The molecule has 0 spiro atoms. The molecule has 0 atom stereocenters. The number of carboxylic acid groups (broad SMARTS) is 1. The minimum Gasteiger partial charge on any atom is -0.475 e. The van der Waals surface area contributed by atoms with Gasteiger partial charge in [0, 0.05) is 63.0 Å². The number of piperidine rings is 1. The number of aliphatic carboxylic acids is 1. The zero-order chi connectivity index (χ0) is 41.0. The summed E-state index contributed by atoms with van der Waals surface area (Å²) in [5.41, 5.74) is 6.97. The average Bonchev–Trinajstić information content (AvgIpc) is 3.20. The van der Waals surface area contributed by atoms with Gasteiger partial charge in [0.1, 0.15) is 5.15 Å². The summed E-state index contributed by atoms with van der Waals surface area (Å²) in [5, 5.41) is 10.9. The number of nitrogens with one attached hydrogen (secondary N) is 1. The first-order valence-corrected chi connectivity index (χ1v) is 20.5. The molecule has 0 saturated carbocycles. The number of hydrogen-bond acceptors (Lipinski definition) is 8. The van der Waals surface area contributed by atoms with Crippen molar-refractivity contribution in [1.82, 2.24) is 25.1 Å². The maximum atomic E-state index is 13.9. The lowest BCUT2D eigenvalue weighted by molar-refractivity contribution is -0.192. The number of halogens is 4. The van der Waals surface area contributed by atoms with Crippen LogP contribution in [0.25, 0.3) is 11.3 Å². The fraction of sp³-hybridized carbons (Fsp3) is 0.286. The molecular formula is C42H43ClF3N5O5S. The van der Waals surface area contributed by atoms with Gasteiger partial charge in [0.2, 0.25) is 0 Å². The van der Waals surface area contributed by atoms with Crippen LogP contribution in [-0.2, 0) is 40.7 Å². The van der Waals surface area contributed by atoms with Crippen LogP contribution in [0, 0.1) is 0 Å². The first-order valence-electron chi connectivity index (χ1n) is 18.2. The number of sulfone groups is 1. The van der Waals surface area contributed by atoms with E-state index in [1.165, 1.54) is 11.8 Å². The highest BCUT2D eigenvalue weighted by Gasteiger charge is 2.38. The highest BCUT2D eigenvalue weighted by atomic mass is 35.5. The van der Waals surface area contributed by atoms with Crippen molar-refractivity contribution >= 4 is 33.3 Å². The molecule has 1 fully saturated rings. The number of benzene rings is 3. The maximum Gasteiger partial charge on any atom is 0.490 e. The summed E-state index contributed by atoms with van der Waals surface area (Å²) in [6.45, 7) is 4.74. The van der Waals surface area contributed by atoms with E-state index in [0.717, 1.165) is 73.4 Å². The molecule has 0 radical (unpaired) electrons. The van der Waals surface area contributed by atoms with Crippen LogP contribution in [0.15, 0.2) is 120 Å². The highest BCUT2D eigenvalue weighted by molar-refractivity contribution is 7.90. The van der Waals surface area contributed by atoms with Crippen molar-refractivity contribution < 1.29 is 36.3 Å². The maximum absolute atomic E-state index is 13.9. The number of hydrogen-bond donors (Lipinski definition) is 2. The van der Waals surface area contributed by atoms with Gasteiger partial charge in [-0.2, -0.15) is 13.2 Å². The van der Waals surface area contributed by atoms with Gasteiger partial charge in [-0.1, -0.05) is 84.4 Å². The van der Waals surface area contributed by atoms with Crippen LogP contribution in [0.4, 0.5) is 13.2 Å². The molecular weight excluding hydrogens is 779 g/mol. The topological polar surface area (TPSA) is 133 Å². The number of likely N-dealkylation sites (tertiary alicyclic amines) is 1. The van der Waals surface area contributed by atoms with Crippen LogP contribution in [0.5, 0.6) is 0 Å². The predicted molar refractivity (Wildman–Crippen MR) is 212 cm³/mol. The Morgan fingerprint density at radius 3 is 2.04 bits per heavy atom. The summed E-state index contributed by atoms with van der Waals surface area (Å²) in [7, 11) is -3.18. The van der Waals surface area contributed by atoms with Gasteiger partial charge in [-0.25, -0.2) is 18.2 Å². The number of carbonyl (C=O) groups is 2. The quantitative estimate of drug-likeness (QED) is 0.0917. The number of alkyl halides is 3. The van der Waals surface area contributed by atoms with E-state index in [4.69, 9.17) is 26.5 Å². The Balaban J connectivity index is 0.000000811. The molecule has 3 aromatic carbocycles. The number of aromatic nitrogens is 2. The number of carbonyl (C=O) groups excluding carboxylic acids is 1. The van der Waals surface area contributed by atoms with E-state index in [9.17, 15) is 26.4 Å². The first kappa shape index (κ1) is 43.0. The lowest BCUT2D eigenvalue weighted by Gasteiger charge is -2.38. The normalized spacial score (nSPS) is 13.7. The van der Waals surface area contributed by atoms with Gasteiger partial charge in [-0.05, 0) is 78.4 Å². The molecule has 6 rings (SSSR count). The second-order valence-electron chi connectivity index (χ2n) is 13.7. The summed E-state index contributed by atoms with van der Waals surface area (Å²) in [4.78, 5) is 36.4. The summed E-state index contributed by atoms with van der Waals surface area (Å²) in [6, 6.07) is 33.5. The summed E-state index contributed by atoms with van der Waals surface area (Å²) >= 11 is 6.03. The second kappa shape index (κ2) is 19.8. The van der Waals surface area contributed by atoms with Gasteiger partial charge in [0.15, 0.2) is 9.84 Å². The van der Waals surface area contributed by atoms with Crippen molar-refractivity contribution in [2.24, 2.45) is 0 Å². The summed E-state index contributed by atoms with van der Waals surface area (Å²) in [6.07, 6.45) is 2.20. The van der Waals surface area contributed by atoms with Crippen LogP contribution in [0.1, 0.15) is 45.5 Å². The molecule has 0 unspecified atom stereocenters. The first-order chi connectivity index (χ1) is 27.2. The Morgan fingerprint density at radius 1 is 0.842 bits per heavy atom. The molecule has 0 aliphatic carbocycles. The van der Waals surface area contributed by atoms with Crippen molar-refractivity contribution in [2.45, 2.75) is 56.0 Å². The lowest BCUT2D eigenvalue weighted by Crippen LogP contribution is -2.46. The van der Waals surface area contributed by atoms with E-state index in [1.54, 1.807) is 30.5 Å². The molecule has 57 heavy (non-hydrogen) atoms. The average molecular weight is 822 g/mol. The lowest BCUT2D eigenvalue weighted by atomic mass is 10.00. The van der Waals surface area contributed by atoms with Crippen LogP contribution < -0.4 is 5.32 Å². The van der Waals surface area contributed by atoms with Crippen molar-refractivity contribution in [1.29, 1.82) is 0 Å². The molecule has 1 amide bonds. The van der Waals surface area contributed by atoms with Gasteiger partial charge in [0.05, 0.1) is 16.2 Å². The van der Waals surface area contributed by atoms with E-state index in [0.29, 0.717) is 28.7 Å². The van der Waals surface area contributed by atoms with Gasteiger partial charge < -0.3 is 15.3 Å². The van der Waals surface area contributed by atoms with Crippen molar-refractivity contribution in [3.05, 3.63) is 148 Å². The van der Waals surface area contributed by atoms with Gasteiger partial charge in [0.25, 0.3) is 5.91 Å². The number of nitrogens with zero attached hydrogens (tertiary/aromatic N) is 4. The fourth-order valence-electron chi connectivity index (χ4n) is 6.31.